The molecule has 1 spiro atoms. The zero-order valence-electron chi connectivity index (χ0n) is 21.3. The Kier molecular flexibility index (Phi) is 5.36. The second-order valence-corrected chi connectivity index (χ2v) is 10.6. The summed E-state index contributed by atoms with van der Waals surface area (Å²) in [6.07, 6.45) is -0.702. The maximum Gasteiger partial charge on any atom is 0.416 e. The first-order chi connectivity index (χ1) is 19.3. The Morgan fingerprint density at radius 1 is 1.10 bits per heavy atom. The number of barbiturate groups is 1. The Morgan fingerprint density at radius 2 is 1.85 bits per heavy atom. The number of hydrogen-bond donors (Lipinski definition) is 2. The number of aromatic nitrogens is 1. The molecule has 5 heterocycles. The largest absolute Gasteiger partial charge is 0.447 e. The van der Waals surface area contributed by atoms with Crippen molar-refractivity contribution >= 4 is 46.4 Å². The van der Waals surface area contributed by atoms with Crippen molar-refractivity contribution in [2.45, 2.75) is 38.0 Å². The number of morpholine rings is 1. The minimum atomic E-state index is -1.75. The van der Waals surface area contributed by atoms with Gasteiger partial charge in [-0.05, 0) is 30.5 Å². The summed E-state index contributed by atoms with van der Waals surface area (Å²) in [5.41, 5.74) is -0.421. The van der Waals surface area contributed by atoms with Crippen molar-refractivity contribution < 1.29 is 37.6 Å². The van der Waals surface area contributed by atoms with Crippen LogP contribution in [0.5, 0.6) is 0 Å². The van der Waals surface area contributed by atoms with Crippen LogP contribution in [-0.4, -0.2) is 67.0 Å². The van der Waals surface area contributed by atoms with E-state index in [9.17, 15) is 19.2 Å². The normalized spacial score (nSPS) is 25.5. The summed E-state index contributed by atoms with van der Waals surface area (Å²) in [6, 6.07) is 8.94. The van der Waals surface area contributed by atoms with Crippen molar-refractivity contribution in [3.05, 3.63) is 53.3 Å². The van der Waals surface area contributed by atoms with Crippen molar-refractivity contribution in [2.24, 2.45) is 5.41 Å². The molecule has 4 aliphatic rings. The lowest BCUT2D eigenvalue weighted by molar-refractivity contribution is -0.149. The average molecular weight is 550 g/mol. The van der Waals surface area contributed by atoms with Crippen molar-refractivity contribution in [1.29, 1.82) is 0 Å². The lowest BCUT2D eigenvalue weighted by atomic mass is 9.68. The number of imide groups is 2. The minimum Gasteiger partial charge on any atom is -0.447 e. The first-order valence-electron chi connectivity index (χ1n) is 12.9. The smallest absolute Gasteiger partial charge is 0.416 e. The number of ether oxygens (including phenoxy) is 2. The van der Waals surface area contributed by atoms with Gasteiger partial charge in [0, 0.05) is 13.0 Å². The van der Waals surface area contributed by atoms with E-state index in [4.69, 9.17) is 14.0 Å². The number of amides is 5. The Hall–Kier alpha value is -4.52. The molecular formula is C27H24FN5O7. The van der Waals surface area contributed by atoms with E-state index >= 15 is 4.39 Å². The molecule has 3 atom stereocenters. The van der Waals surface area contributed by atoms with E-state index in [1.165, 1.54) is 4.90 Å². The van der Waals surface area contributed by atoms with Gasteiger partial charge in [0.2, 0.25) is 17.4 Å². The van der Waals surface area contributed by atoms with E-state index in [2.05, 4.69) is 15.8 Å². The SMILES string of the molecule is C[C@@H]1CN2c3c(cc4c(N5C(=O)OCC5Cc5ccccc5)noc4c3F)CC3(C(=O)NC(=O)NC3=O)C2CO1. The molecule has 13 heteroatoms. The Labute approximate surface area is 226 Å². The summed E-state index contributed by atoms with van der Waals surface area (Å²) in [7, 11) is 0. The highest BCUT2D eigenvalue weighted by atomic mass is 19.1. The van der Waals surface area contributed by atoms with E-state index in [0.717, 1.165) is 5.56 Å². The van der Waals surface area contributed by atoms with Gasteiger partial charge < -0.3 is 18.9 Å². The number of urea groups is 1. The van der Waals surface area contributed by atoms with Crippen LogP contribution in [0.3, 0.4) is 0 Å². The van der Waals surface area contributed by atoms with E-state index in [1.807, 2.05) is 30.3 Å². The molecule has 1 aromatic heterocycles. The molecule has 2 aromatic carbocycles. The molecule has 0 bridgehead atoms. The molecule has 3 aromatic rings. The number of fused-ring (bicyclic) bond motifs is 5. The quantitative estimate of drug-likeness (QED) is 0.469. The maximum atomic E-state index is 16.3. The molecule has 7 rings (SSSR count). The molecule has 2 unspecified atom stereocenters. The third-order valence-electron chi connectivity index (χ3n) is 8.20. The van der Waals surface area contributed by atoms with Crippen LogP contribution < -0.4 is 20.4 Å². The summed E-state index contributed by atoms with van der Waals surface area (Å²) < 4.78 is 32.9. The fourth-order valence-corrected chi connectivity index (χ4v) is 6.35. The number of benzene rings is 2. The lowest BCUT2D eigenvalue weighted by Crippen LogP contribution is -2.73. The zero-order chi connectivity index (χ0) is 27.8. The predicted molar refractivity (Wildman–Crippen MR) is 136 cm³/mol. The standard InChI is InChI=1S/C27H24FN5O7/c1-13-10-32-18(12-38-13)27(23(34)29-25(36)30-24(27)35)9-15-8-17-21(19(28)20(15)32)40-31-22(17)33-16(11-39-26(33)37)7-14-5-3-2-4-6-14/h2-6,8,13,16,18H,7,9-12H2,1H3,(H2,29,30,34,35,36)/t13-,16?,18?/m1/s1. The topological polar surface area (TPSA) is 143 Å². The zero-order valence-corrected chi connectivity index (χ0v) is 21.3. The summed E-state index contributed by atoms with van der Waals surface area (Å²) in [5, 5.41) is 8.68. The van der Waals surface area contributed by atoms with Gasteiger partial charge in [-0.15, -0.1) is 0 Å². The summed E-state index contributed by atoms with van der Waals surface area (Å²) >= 11 is 0. The number of carbonyl (C=O) groups excluding carboxylic acids is 4. The fraction of sp³-hybridized carbons (Fsp3) is 0.370. The molecule has 0 radical (unpaired) electrons. The number of hydrogen-bond acceptors (Lipinski definition) is 9. The molecule has 12 nitrogen and oxygen atoms in total. The highest BCUT2D eigenvalue weighted by Gasteiger charge is 2.61. The van der Waals surface area contributed by atoms with Gasteiger partial charge >= 0.3 is 12.1 Å². The van der Waals surface area contributed by atoms with Crippen molar-refractivity contribution in [1.82, 2.24) is 15.8 Å². The van der Waals surface area contributed by atoms with Gasteiger partial charge in [0.1, 0.15) is 6.61 Å². The predicted octanol–water partition coefficient (Wildman–Crippen LogP) is 2.04. The van der Waals surface area contributed by atoms with Crippen LogP contribution in [0.2, 0.25) is 0 Å². The molecule has 0 saturated carbocycles. The number of rotatable bonds is 3. The number of halogens is 1. The monoisotopic (exact) mass is 549 g/mol. The van der Waals surface area contributed by atoms with Crippen LogP contribution in [-0.2, 0) is 31.9 Å². The summed E-state index contributed by atoms with van der Waals surface area (Å²) in [6.45, 7) is 2.07. The first kappa shape index (κ1) is 24.5. The Balaban J connectivity index is 1.36. The first-order valence-corrected chi connectivity index (χ1v) is 12.9. The van der Waals surface area contributed by atoms with Crippen molar-refractivity contribution in [3.8, 4) is 0 Å². The summed E-state index contributed by atoms with van der Waals surface area (Å²) in [5.74, 6) is -2.20. The van der Waals surface area contributed by atoms with Crippen molar-refractivity contribution in [2.75, 3.05) is 29.6 Å². The fourth-order valence-electron chi connectivity index (χ4n) is 6.35. The van der Waals surface area contributed by atoms with Crippen LogP contribution in [0, 0.1) is 11.2 Å². The number of nitrogens with zero attached hydrogens (tertiary/aromatic N) is 3. The lowest BCUT2D eigenvalue weighted by Gasteiger charge is -2.52. The van der Waals surface area contributed by atoms with Crippen LogP contribution in [0.4, 0.5) is 25.5 Å². The molecule has 5 amide bonds. The molecule has 40 heavy (non-hydrogen) atoms. The van der Waals surface area contributed by atoms with Gasteiger partial charge in [0.05, 0.1) is 35.9 Å². The second-order valence-electron chi connectivity index (χ2n) is 10.6. The van der Waals surface area contributed by atoms with Crippen LogP contribution >= 0.6 is 0 Å². The third-order valence-corrected chi connectivity index (χ3v) is 8.20. The van der Waals surface area contributed by atoms with E-state index < -0.39 is 47.3 Å². The van der Waals surface area contributed by atoms with Gasteiger partial charge in [-0.25, -0.2) is 14.0 Å². The molecule has 4 aliphatic heterocycles. The molecule has 206 valence electrons. The number of nitrogens with one attached hydrogen (secondary N) is 2. The second kappa shape index (κ2) is 8.74. The molecule has 3 fully saturated rings. The highest BCUT2D eigenvalue weighted by molar-refractivity contribution is 6.20. The molecule has 0 aliphatic carbocycles. The van der Waals surface area contributed by atoms with E-state index in [-0.39, 0.29) is 54.8 Å². The Morgan fingerprint density at radius 3 is 2.60 bits per heavy atom. The van der Waals surface area contributed by atoms with Crippen LogP contribution in [0.15, 0.2) is 40.9 Å². The molecular weight excluding hydrogens is 525 g/mol. The van der Waals surface area contributed by atoms with Gasteiger partial charge in [0.15, 0.2) is 17.1 Å². The average Bonchev–Trinajstić information content (AvgIpc) is 3.50. The molecule has 3 saturated heterocycles. The highest BCUT2D eigenvalue weighted by Crippen LogP contribution is 2.48. The van der Waals surface area contributed by atoms with Gasteiger partial charge in [-0.1, -0.05) is 35.5 Å². The Bertz CT molecular complexity index is 1570. The van der Waals surface area contributed by atoms with Gasteiger partial charge in [-0.2, -0.15) is 0 Å². The van der Waals surface area contributed by atoms with Gasteiger partial charge in [-0.3, -0.25) is 25.1 Å². The number of cyclic esters (lactones) is 1. The maximum absolute atomic E-state index is 16.3. The van der Waals surface area contributed by atoms with Crippen molar-refractivity contribution in [3.63, 3.8) is 0 Å². The number of carbonyl (C=O) groups is 4. The number of anilines is 2. The van der Waals surface area contributed by atoms with E-state index in [0.29, 0.717) is 12.0 Å². The minimum absolute atomic E-state index is 0.0322. The summed E-state index contributed by atoms with van der Waals surface area (Å²) in [4.78, 5) is 54.3. The van der Waals surface area contributed by atoms with E-state index in [1.54, 1.807) is 17.9 Å². The molecule has 2 N–H and O–H groups in total. The van der Waals surface area contributed by atoms with Crippen LogP contribution in [0.1, 0.15) is 18.1 Å². The van der Waals surface area contributed by atoms with Crippen LogP contribution in [0.25, 0.3) is 11.0 Å². The third kappa shape index (κ3) is 3.43. The van der Waals surface area contributed by atoms with Gasteiger partial charge in [0.25, 0.3) is 0 Å².